The van der Waals surface area contributed by atoms with Gasteiger partial charge in [-0.2, -0.15) is 0 Å². The molecule has 170 valence electrons. The largest absolute Gasteiger partial charge is 0.493 e. The van der Waals surface area contributed by atoms with Crippen molar-refractivity contribution in [3.8, 4) is 11.5 Å². The lowest BCUT2D eigenvalue weighted by Gasteiger charge is -2.26. The number of carbonyl (C=O) groups is 1. The number of amides is 1. The van der Waals surface area contributed by atoms with Crippen LogP contribution in [0.2, 0.25) is 5.02 Å². The molecule has 1 N–H and O–H groups in total. The van der Waals surface area contributed by atoms with Crippen LogP contribution in [0.15, 0.2) is 36.7 Å². The zero-order valence-electron chi connectivity index (χ0n) is 18.7. The maximum atomic E-state index is 14.2. The van der Waals surface area contributed by atoms with E-state index in [1.54, 1.807) is 30.1 Å². The highest BCUT2D eigenvalue weighted by Crippen LogP contribution is 2.35. The minimum absolute atomic E-state index is 0.0319. The van der Waals surface area contributed by atoms with E-state index in [9.17, 15) is 9.18 Å². The van der Waals surface area contributed by atoms with E-state index in [0.717, 1.165) is 0 Å². The average Bonchev–Trinajstić information content (AvgIpc) is 2.74. The first-order valence-electron chi connectivity index (χ1n) is 10.0. The first-order valence-corrected chi connectivity index (χ1v) is 10.4. The summed E-state index contributed by atoms with van der Waals surface area (Å²) in [5.41, 5.74) is 0.367. The number of hydrogen-bond acceptors (Lipinski definition) is 6. The van der Waals surface area contributed by atoms with E-state index in [4.69, 9.17) is 21.1 Å². The molecule has 0 aliphatic heterocycles. The summed E-state index contributed by atoms with van der Waals surface area (Å²) in [7, 11) is 3.27. The third-order valence-corrected chi connectivity index (χ3v) is 5.01. The van der Waals surface area contributed by atoms with Gasteiger partial charge in [0.25, 0.3) is 0 Å². The van der Waals surface area contributed by atoms with E-state index < -0.39 is 11.2 Å². The zero-order chi connectivity index (χ0) is 23.5. The number of fused-ring (bicyclic) bond motifs is 1. The zero-order valence-corrected chi connectivity index (χ0v) is 19.5. The van der Waals surface area contributed by atoms with Crippen molar-refractivity contribution in [1.29, 1.82) is 0 Å². The molecule has 0 atom stereocenters. The molecule has 3 rings (SSSR count). The summed E-state index contributed by atoms with van der Waals surface area (Å²) in [5, 5.41) is 3.91. The van der Waals surface area contributed by atoms with Crippen LogP contribution in [0, 0.1) is 11.2 Å². The number of carbonyl (C=O) groups excluding carboxylic acids is 1. The van der Waals surface area contributed by atoms with E-state index in [2.05, 4.69) is 15.3 Å². The molecule has 1 aromatic heterocycles. The van der Waals surface area contributed by atoms with Gasteiger partial charge in [-0.3, -0.25) is 4.79 Å². The Morgan fingerprint density at radius 1 is 1.19 bits per heavy atom. The van der Waals surface area contributed by atoms with E-state index in [-0.39, 0.29) is 18.2 Å². The minimum atomic E-state index is -0.495. The number of hydrogen-bond donors (Lipinski definition) is 1. The normalized spacial score (nSPS) is 11.3. The van der Waals surface area contributed by atoms with Crippen molar-refractivity contribution < 1.29 is 18.7 Å². The highest BCUT2D eigenvalue weighted by atomic mass is 35.5. The van der Waals surface area contributed by atoms with Crippen molar-refractivity contribution in [3.63, 3.8) is 0 Å². The summed E-state index contributed by atoms with van der Waals surface area (Å²) >= 11 is 5.83. The number of nitrogens with zero attached hydrogens (tertiary/aromatic N) is 3. The van der Waals surface area contributed by atoms with Gasteiger partial charge in [0.2, 0.25) is 5.91 Å². The van der Waals surface area contributed by atoms with Crippen LogP contribution in [0.4, 0.5) is 15.9 Å². The summed E-state index contributed by atoms with van der Waals surface area (Å²) in [6.07, 6.45) is 1.38. The van der Waals surface area contributed by atoms with Crippen LogP contribution < -0.4 is 14.8 Å². The Labute approximate surface area is 191 Å². The van der Waals surface area contributed by atoms with E-state index >= 15 is 0 Å². The maximum absolute atomic E-state index is 14.2. The molecular weight excluding hydrogens is 435 g/mol. The molecule has 1 heterocycles. The van der Waals surface area contributed by atoms with Gasteiger partial charge in [0.05, 0.1) is 24.9 Å². The SMILES string of the molecule is COc1cc2c(Nc3ccc(Cl)cc3F)ncnc2cc1OCCN(C)C(=O)C(C)(C)C. The first-order chi connectivity index (χ1) is 15.1. The molecule has 0 saturated heterocycles. The fourth-order valence-corrected chi connectivity index (χ4v) is 3.28. The van der Waals surface area contributed by atoms with Crippen LogP contribution in [0.25, 0.3) is 10.9 Å². The third-order valence-electron chi connectivity index (χ3n) is 4.78. The monoisotopic (exact) mass is 460 g/mol. The van der Waals surface area contributed by atoms with Crippen molar-refractivity contribution in [2.24, 2.45) is 5.41 Å². The van der Waals surface area contributed by atoms with Crippen molar-refractivity contribution in [2.75, 3.05) is 32.6 Å². The molecule has 1 amide bonds. The molecule has 2 aromatic carbocycles. The van der Waals surface area contributed by atoms with E-state index in [1.165, 1.54) is 25.6 Å². The summed E-state index contributed by atoms with van der Waals surface area (Å²) < 4.78 is 25.6. The number of benzene rings is 2. The Kier molecular flexibility index (Phi) is 7.03. The number of nitrogens with one attached hydrogen (secondary N) is 1. The Balaban J connectivity index is 1.82. The van der Waals surface area contributed by atoms with Crippen LogP contribution in [0.3, 0.4) is 0 Å². The van der Waals surface area contributed by atoms with Crippen molar-refractivity contribution in [2.45, 2.75) is 20.8 Å². The Hall–Kier alpha value is -3.13. The minimum Gasteiger partial charge on any atom is -0.493 e. The van der Waals surface area contributed by atoms with Crippen molar-refractivity contribution >= 4 is 39.9 Å². The summed E-state index contributed by atoms with van der Waals surface area (Å²) in [5.74, 6) is 0.904. The van der Waals surface area contributed by atoms with Gasteiger partial charge in [-0.05, 0) is 24.3 Å². The van der Waals surface area contributed by atoms with Crippen molar-refractivity contribution in [3.05, 3.63) is 47.5 Å². The third kappa shape index (κ3) is 5.37. The van der Waals surface area contributed by atoms with E-state index in [1.807, 2.05) is 20.8 Å². The quantitative estimate of drug-likeness (QED) is 0.531. The number of ether oxygens (including phenoxy) is 2. The number of likely N-dealkylation sites (N-methyl/N-ethyl adjacent to an activating group) is 1. The molecule has 0 radical (unpaired) electrons. The predicted molar refractivity (Wildman–Crippen MR) is 123 cm³/mol. The molecule has 0 spiro atoms. The molecule has 3 aromatic rings. The molecule has 0 bridgehead atoms. The molecule has 0 aliphatic rings. The molecule has 32 heavy (non-hydrogen) atoms. The topological polar surface area (TPSA) is 76.6 Å². The Bertz CT molecular complexity index is 1130. The van der Waals surface area contributed by atoms with Gasteiger partial charge < -0.3 is 19.7 Å². The van der Waals surface area contributed by atoms with Gasteiger partial charge in [0.15, 0.2) is 11.5 Å². The molecule has 9 heteroatoms. The van der Waals surface area contributed by atoms with Crippen LogP contribution in [-0.4, -0.2) is 48.1 Å². The molecular formula is C23H26ClFN4O3. The highest BCUT2D eigenvalue weighted by molar-refractivity contribution is 6.30. The van der Waals surface area contributed by atoms with Gasteiger partial charge in [-0.25, -0.2) is 14.4 Å². The van der Waals surface area contributed by atoms with Gasteiger partial charge in [0.1, 0.15) is 24.6 Å². The molecule has 0 aliphatic carbocycles. The number of halogens is 2. The first kappa shape index (κ1) is 23.5. The van der Waals surface area contributed by atoms with E-state index in [0.29, 0.717) is 39.8 Å². The highest BCUT2D eigenvalue weighted by Gasteiger charge is 2.24. The number of anilines is 2. The smallest absolute Gasteiger partial charge is 0.227 e. The standard InChI is InChI=1S/C23H26ClFN4O3/c1-23(2,3)22(30)29(4)8-9-32-20-12-18-15(11-19(20)31-5)21(27-13-26-18)28-17-7-6-14(24)10-16(17)25/h6-7,10-13H,8-9H2,1-5H3,(H,26,27,28). The summed E-state index contributed by atoms with van der Waals surface area (Å²) in [6.45, 7) is 6.33. The number of methoxy groups -OCH3 is 1. The fraction of sp³-hybridized carbons (Fsp3) is 0.348. The second-order valence-corrected chi connectivity index (χ2v) is 8.75. The lowest BCUT2D eigenvalue weighted by Crippen LogP contribution is -2.38. The lowest BCUT2D eigenvalue weighted by atomic mass is 9.95. The fourth-order valence-electron chi connectivity index (χ4n) is 3.12. The Morgan fingerprint density at radius 3 is 2.59 bits per heavy atom. The molecule has 0 saturated carbocycles. The number of rotatable bonds is 7. The van der Waals surface area contributed by atoms with Gasteiger partial charge >= 0.3 is 0 Å². The van der Waals surface area contributed by atoms with Crippen LogP contribution >= 0.6 is 11.6 Å². The van der Waals surface area contributed by atoms with Crippen molar-refractivity contribution in [1.82, 2.24) is 14.9 Å². The van der Waals surface area contributed by atoms with Gasteiger partial charge in [-0.1, -0.05) is 32.4 Å². The maximum Gasteiger partial charge on any atom is 0.227 e. The van der Waals surface area contributed by atoms with Gasteiger partial charge in [0, 0.05) is 28.9 Å². The average molecular weight is 461 g/mol. The van der Waals surface area contributed by atoms with Crippen LogP contribution in [0.1, 0.15) is 20.8 Å². The van der Waals surface area contributed by atoms with Gasteiger partial charge in [-0.15, -0.1) is 0 Å². The second-order valence-electron chi connectivity index (χ2n) is 8.32. The summed E-state index contributed by atoms with van der Waals surface area (Å²) in [4.78, 5) is 22.5. The predicted octanol–water partition coefficient (Wildman–Crippen LogP) is 5.06. The lowest BCUT2D eigenvalue weighted by molar-refractivity contribution is -0.138. The number of aromatic nitrogens is 2. The second kappa shape index (κ2) is 9.56. The Morgan fingerprint density at radius 2 is 1.94 bits per heavy atom. The van der Waals surface area contributed by atoms with Crippen LogP contribution in [0.5, 0.6) is 11.5 Å². The molecule has 0 unspecified atom stereocenters. The molecule has 7 nitrogen and oxygen atoms in total. The summed E-state index contributed by atoms with van der Waals surface area (Å²) in [6, 6.07) is 7.80. The molecule has 0 fully saturated rings. The van der Waals surface area contributed by atoms with Crippen LogP contribution in [-0.2, 0) is 4.79 Å².